The third-order valence-corrected chi connectivity index (χ3v) is 4.85. The number of nitrogens with zero attached hydrogens (tertiary/aromatic N) is 1. The summed E-state index contributed by atoms with van der Waals surface area (Å²) in [7, 11) is 0. The van der Waals surface area contributed by atoms with E-state index in [1.807, 2.05) is 36.6 Å². The van der Waals surface area contributed by atoms with Crippen molar-refractivity contribution in [1.29, 1.82) is 0 Å². The number of nitrogens with one attached hydrogen (secondary N) is 1. The van der Waals surface area contributed by atoms with Gasteiger partial charge in [0.1, 0.15) is 17.4 Å². The maximum atomic E-state index is 12.1. The fourth-order valence-electron chi connectivity index (χ4n) is 2.44. The SMILES string of the molecule is Cc1ccc(OCCNC(=O)Cc2csc(-c3ccc(C)cc3)n2)cc1. The molecule has 0 fully saturated rings. The largest absolute Gasteiger partial charge is 0.492 e. The van der Waals surface area contributed by atoms with Gasteiger partial charge in [0.05, 0.1) is 18.7 Å². The van der Waals surface area contributed by atoms with E-state index in [4.69, 9.17) is 4.74 Å². The van der Waals surface area contributed by atoms with Gasteiger partial charge in [-0.2, -0.15) is 0 Å². The fourth-order valence-corrected chi connectivity index (χ4v) is 3.26. The fraction of sp³-hybridized carbons (Fsp3) is 0.238. The van der Waals surface area contributed by atoms with Crippen LogP contribution in [0, 0.1) is 13.8 Å². The Hall–Kier alpha value is -2.66. The first-order chi connectivity index (χ1) is 12.6. The average Bonchev–Trinajstić information content (AvgIpc) is 3.09. The third kappa shape index (κ3) is 5.17. The standard InChI is InChI=1S/C21H22N2O2S/c1-15-3-7-17(8-4-15)21-23-18(14-26-21)13-20(24)22-11-12-25-19-9-5-16(2)6-10-19/h3-10,14H,11-13H2,1-2H3,(H,22,24). The van der Waals surface area contributed by atoms with Crippen molar-refractivity contribution in [3.63, 3.8) is 0 Å². The highest BCUT2D eigenvalue weighted by molar-refractivity contribution is 7.13. The third-order valence-electron chi connectivity index (χ3n) is 3.91. The summed E-state index contributed by atoms with van der Waals surface area (Å²) >= 11 is 1.56. The first-order valence-corrected chi connectivity index (χ1v) is 9.46. The topological polar surface area (TPSA) is 51.2 Å². The van der Waals surface area contributed by atoms with Crippen molar-refractivity contribution < 1.29 is 9.53 Å². The highest BCUT2D eigenvalue weighted by atomic mass is 32.1. The number of carbonyl (C=O) groups excluding carboxylic acids is 1. The Kier molecular flexibility index (Phi) is 6.02. The van der Waals surface area contributed by atoms with Crippen LogP contribution in [0.25, 0.3) is 10.6 Å². The minimum Gasteiger partial charge on any atom is -0.492 e. The number of benzene rings is 2. The summed E-state index contributed by atoms with van der Waals surface area (Å²) in [5.74, 6) is 0.769. The lowest BCUT2D eigenvalue weighted by Gasteiger charge is -2.07. The lowest BCUT2D eigenvalue weighted by Crippen LogP contribution is -2.29. The summed E-state index contributed by atoms with van der Waals surface area (Å²) in [6.45, 7) is 5.01. The normalized spacial score (nSPS) is 10.5. The number of hydrogen-bond donors (Lipinski definition) is 1. The summed E-state index contributed by atoms with van der Waals surface area (Å²) in [5, 5.41) is 5.75. The van der Waals surface area contributed by atoms with Gasteiger partial charge in [0.25, 0.3) is 0 Å². The molecule has 134 valence electrons. The van der Waals surface area contributed by atoms with Gasteiger partial charge >= 0.3 is 0 Å². The van der Waals surface area contributed by atoms with Crippen molar-refractivity contribution in [3.8, 4) is 16.3 Å². The Balaban J connectivity index is 1.43. The zero-order valence-corrected chi connectivity index (χ0v) is 15.8. The molecule has 0 aliphatic heterocycles. The van der Waals surface area contributed by atoms with Gasteiger partial charge < -0.3 is 10.1 Å². The second-order valence-electron chi connectivity index (χ2n) is 6.20. The van der Waals surface area contributed by atoms with Gasteiger partial charge in [0.2, 0.25) is 5.91 Å². The summed E-state index contributed by atoms with van der Waals surface area (Å²) in [6.07, 6.45) is 0.285. The van der Waals surface area contributed by atoms with Crippen molar-refractivity contribution in [3.05, 3.63) is 70.7 Å². The molecule has 0 bridgehead atoms. The number of thiazole rings is 1. The quantitative estimate of drug-likeness (QED) is 0.639. The van der Waals surface area contributed by atoms with Crippen molar-refractivity contribution in [2.75, 3.05) is 13.2 Å². The Morgan fingerprint density at radius 3 is 2.38 bits per heavy atom. The van der Waals surface area contributed by atoms with Crippen LogP contribution in [0.3, 0.4) is 0 Å². The molecule has 1 aromatic heterocycles. The second kappa shape index (κ2) is 8.63. The molecule has 0 saturated carbocycles. The molecule has 0 atom stereocenters. The lowest BCUT2D eigenvalue weighted by molar-refractivity contribution is -0.120. The molecule has 4 nitrogen and oxygen atoms in total. The van der Waals surface area contributed by atoms with Crippen LogP contribution in [-0.2, 0) is 11.2 Å². The van der Waals surface area contributed by atoms with E-state index in [1.54, 1.807) is 11.3 Å². The molecule has 3 rings (SSSR count). The van der Waals surface area contributed by atoms with Crippen LogP contribution in [0.2, 0.25) is 0 Å². The second-order valence-corrected chi connectivity index (χ2v) is 7.06. The molecule has 26 heavy (non-hydrogen) atoms. The number of carbonyl (C=O) groups is 1. The summed E-state index contributed by atoms with van der Waals surface area (Å²) in [4.78, 5) is 16.6. The van der Waals surface area contributed by atoms with E-state index in [2.05, 4.69) is 41.5 Å². The number of hydrogen-bond acceptors (Lipinski definition) is 4. The first kappa shape index (κ1) is 18.1. The molecular weight excluding hydrogens is 344 g/mol. The Morgan fingerprint density at radius 2 is 1.69 bits per heavy atom. The van der Waals surface area contributed by atoms with Crippen LogP contribution < -0.4 is 10.1 Å². The van der Waals surface area contributed by atoms with Crippen LogP contribution in [-0.4, -0.2) is 24.0 Å². The van der Waals surface area contributed by atoms with E-state index < -0.39 is 0 Å². The number of aryl methyl sites for hydroxylation is 2. The zero-order valence-electron chi connectivity index (χ0n) is 15.0. The van der Waals surface area contributed by atoms with Crippen molar-refractivity contribution in [2.24, 2.45) is 0 Å². The molecule has 0 aliphatic carbocycles. The summed E-state index contributed by atoms with van der Waals surface area (Å²) < 4.78 is 5.60. The Morgan fingerprint density at radius 1 is 1.04 bits per heavy atom. The molecule has 0 unspecified atom stereocenters. The van der Waals surface area contributed by atoms with E-state index in [0.29, 0.717) is 13.2 Å². The maximum absolute atomic E-state index is 12.1. The maximum Gasteiger partial charge on any atom is 0.226 e. The number of aromatic nitrogens is 1. The van der Waals surface area contributed by atoms with Crippen molar-refractivity contribution >= 4 is 17.2 Å². The van der Waals surface area contributed by atoms with Crippen molar-refractivity contribution in [2.45, 2.75) is 20.3 Å². The number of amides is 1. The average molecular weight is 366 g/mol. The highest BCUT2D eigenvalue weighted by Gasteiger charge is 2.09. The lowest BCUT2D eigenvalue weighted by atomic mass is 10.2. The van der Waals surface area contributed by atoms with Crippen LogP contribution in [0.4, 0.5) is 0 Å². The van der Waals surface area contributed by atoms with Gasteiger partial charge in [-0.3, -0.25) is 4.79 Å². The van der Waals surface area contributed by atoms with E-state index in [-0.39, 0.29) is 12.3 Å². The van der Waals surface area contributed by atoms with Gasteiger partial charge in [-0.15, -0.1) is 11.3 Å². The van der Waals surface area contributed by atoms with E-state index in [0.717, 1.165) is 22.0 Å². The molecule has 1 heterocycles. The van der Waals surface area contributed by atoms with Gasteiger partial charge in [-0.05, 0) is 26.0 Å². The van der Waals surface area contributed by atoms with Gasteiger partial charge in [-0.1, -0.05) is 47.5 Å². The first-order valence-electron chi connectivity index (χ1n) is 8.58. The van der Waals surface area contributed by atoms with Crippen LogP contribution >= 0.6 is 11.3 Å². The molecule has 0 aliphatic rings. The highest BCUT2D eigenvalue weighted by Crippen LogP contribution is 2.24. The Bertz CT molecular complexity index is 854. The molecule has 1 N–H and O–H groups in total. The number of ether oxygens (including phenoxy) is 1. The van der Waals surface area contributed by atoms with Gasteiger partial charge in [0.15, 0.2) is 0 Å². The smallest absolute Gasteiger partial charge is 0.226 e. The molecule has 0 spiro atoms. The van der Waals surface area contributed by atoms with Crippen LogP contribution in [0.1, 0.15) is 16.8 Å². The molecular formula is C21H22N2O2S. The van der Waals surface area contributed by atoms with E-state index >= 15 is 0 Å². The monoisotopic (exact) mass is 366 g/mol. The number of rotatable bonds is 7. The Labute approximate surface area is 157 Å². The minimum absolute atomic E-state index is 0.0433. The summed E-state index contributed by atoms with van der Waals surface area (Å²) in [5.41, 5.74) is 4.29. The van der Waals surface area contributed by atoms with Gasteiger partial charge in [0, 0.05) is 10.9 Å². The molecule has 0 radical (unpaired) electrons. The van der Waals surface area contributed by atoms with E-state index in [9.17, 15) is 4.79 Å². The van der Waals surface area contributed by atoms with E-state index in [1.165, 1.54) is 11.1 Å². The molecule has 1 amide bonds. The molecule has 5 heteroatoms. The predicted octanol–water partition coefficient (Wildman–Crippen LogP) is 4.16. The van der Waals surface area contributed by atoms with Crippen molar-refractivity contribution in [1.82, 2.24) is 10.3 Å². The van der Waals surface area contributed by atoms with Crippen LogP contribution in [0.5, 0.6) is 5.75 Å². The zero-order chi connectivity index (χ0) is 18.4. The minimum atomic E-state index is -0.0433. The molecule has 3 aromatic rings. The van der Waals surface area contributed by atoms with Gasteiger partial charge in [-0.25, -0.2) is 4.98 Å². The van der Waals surface area contributed by atoms with Crippen LogP contribution in [0.15, 0.2) is 53.9 Å². The molecule has 0 saturated heterocycles. The molecule has 2 aromatic carbocycles. The summed E-state index contributed by atoms with van der Waals surface area (Å²) in [6, 6.07) is 16.1. The predicted molar refractivity (Wildman–Crippen MR) is 106 cm³/mol.